The number of hydrogen-bond donors (Lipinski definition) is 1. The fourth-order valence-corrected chi connectivity index (χ4v) is 10.9. The smallest absolute Gasteiger partial charge is 0.412 e. The van der Waals surface area contributed by atoms with Crippen molar-refractivity contribution < 1.29 is 72.7 Å². The zero-order valence-corrected chi connectivity index (χ0v) is 39.1. The van der Waals surface area contributed by atoms with Crippen molar-refractivity contribution in [1.82, 2.24) is 0 Å². The van der Waals surface area contributed by atoms with E-state index in [4.69, 9.17) is 9.47 Å². The van der Waals surface area contributed by atoms with Gasteiger partial charge in [0.2, 0.25) is 0 Å². The number of allylic oxidation sites excluding steroid dienone is 2. The van der Waals surface area contributed by atoms with Gasteiger partial charge in [-0.25, -0.2) is 26.3 Å². The third kappa shape index (κ3) is 12.8. The number of halogens is 12. The molecule has 70 heavy (non-hydrogen) atoms. The minimum atomic E-state index is -5.20. The topological polar surface area (TPSA) is 70.2 Å². The van der Waals surface area contributed by atoms with E-state index in [9.17, 15) is 57.8 Å². The molecule has 3 N–H and O–H groups in total. The molecule has 0 aromatic heterocycles. The van der Waals surface area contributed by atoms with E-state index in [1.54, 1.807) is 6.07 Å². The maximum absolute atomic E-state index is 14.9. The summed E-state index contributed by atoms with van der Waals surface area (Å²) in [5.41, 5.74) is -4.24. The quantitative estimate of drug-likeness (QED) is 0.161. The van der Waals surface area contributed by atoms with Crippen LogP contribution < -0.4 is 0 Å². The normalized spacial score (nSPS) is 25.3. The molecule has 4 nitrogen and oxygen atoms in total. The Labute approximate surface area is 400 Å². The van der Waals surface area contributed by atoms with Gasteiger partial charge >= 0.3 is 12.4 Å². The maximum atomic E-state index is 14.9. The largest absolute Gasteiger partial charge is 0.422 e. The summed E-state index contributed by atoms with van der Waals surface area (Å²) in [5, 5.41) is 11.2. The van der Waals surface area contributed by atoms with Crippen LogP contribution in [-0.2, 0) is 27.4 Å². The van der Waals surface area contributed by atoms with Gasteiger partial charge in [0.05, 0.1) is 17.8 Å². The first-order valence-corrected chi connectivity index (χ1v) is 24.1. The molecule has 1 saturated carbocycles. The average molecular weight is 1000 g/mol. The lowest BCUT2D eigenvalue weighted by molar-refractivity contribution is -0.143. The molecule has 2 heterocycles. The van der Waals surface area contributed by atoms with E-state index >= 15 is 0 Å². The summed E-state index contributed by atoms with van der Waals surface area (Å²) in [7, 11) is 0. The first-order valence-electron chi connectivity index (χ1n) is 24.1. The summed E-state index contributed by atoms with van der Waals surface area (Å²) in [6, 6.07) is 10.1. The van der Waals surface area contributed by atoms with Crippen LogP contribution in [0.4, 0.5) is 52.7 Å². The number of aliphatic hydroxyl groups is 1. The maximum Gasteiger partial charge on any atom is 0.422 e. The number of rotatable bonds is 10. The highest BCUT2D eigenvalue weighted by molar-refractivity contribution is 5.72. The van der Waals surface area contributed by atoms with Crippen molar-refractivity contribution in [2.24, 2.45) is 23.7 Å². The minimum absolute atomic E-state index is 0. The van der Waals surface area contributed by atoms with Gasteiger partial charge in [0, 0.05) is 24.3 Å². The molecule has 0 spiro atoms. The summed E-state index contributed by atoms with van der Waals surface area (Å²) in [6.07, 6.45) is 6.17. The van der Waals surface area contributed by atoms with Crippen molar-refractivity contribution in [1.29, 1.82) is 0 Å². The van der Waals surface area contributed by atoms with Crippen molar-refractivity contribution in [3.63, 3.8) is 0 Å². The molecule has 0 bridgehead atoms. The van der Waals surface area contributed by atoms with E-state index in [1.807, 2.05) is 0 Å². The first kappa shape index (κ1) is 54.9. The van der Waals surface area contributed by atoms with Gasteiger partial charge in [0.25, 0.3) is 0 Å². The van der Waals surface area contributed by atoms with Gasteiger partial charge < -0.3 is 20.1 Å². The van der Waals surface area contributed by atoms with Crippen molar-refractivity contribution >= 4 is 5.57 Å². The molecule has 0 amide bonds. The second kappa shape index (κ2) is 23.0. The van der Waals surface area contributed by atoms with Crippen LogP contribution in [-0.4, -0.2) is 36.0 Å². The fourth-order valence-electron chi connectivity index (χ4n) is 10.9. The minimum Gasteiger partial charge on any atom is -0.412 e. The molecule has 2 aliphatic carbocycles. The van der Waals surface area contributed by atoms with E-state index in [0.717, 1.165) is 82.6 Å². The SMILES string of the molecule is CCCC1CCC(C2CC=C(c3ccc(-c4cc(F)c(C(F)(F)F)c(F)c4)c(F)c3)CC2)OC1.CCCC1CCC(C2CCC(O)(c3ccc(-c4cc(F)c(C(F)(F)F)c(F)c4)c(F)c3)CC2)OC1.O. The predicted molar refractivity (Wildman–Crippen MR) is 243 cm³/mol. The Bertz CT molecular complexity index is 2380. The van der Waals surface area contributed by atoms with Gasteiger partial charge in [-0.3, -0.25) is 0 Å². The molecule has 384 valence electrons. The van der Waals surface area contributed by atoms with E-state index in [-0.39, 0.29) is 39.9 Å². The van der Waals surface area contributed by atoms with Gasteiger partial charge in [-0.2, -0.15) is 26.3 Å². The fraction of sp³-hybridized carbons (Fsp3) is 0.519. The van der Waals surface area contributed by atoms with E-state index in [1.165, 1.54) is 49.9 Å². The summed E-state index contributed by atoms with van der Waals surface area (Å²) < 4.78 is 175. The molecule has 0 radical (unpaired) electrons. The Kier molecular flexibility index (Phi) is 18.1. The molecule has 2 saturated heterocycles. The van der Waals surface area contributed by atoms with E-state index in [0.29, 0.717) is 71.9 Å². The molecule has 8 rings (SSSR count). The molecule has 5 atom stereocenters. The Morgan fingerprint density at radius 2 is 0.986 bits per heavy atom. The molecule has 4 aromatic carbocycles. The molecule has 3 fully saturated rings. The van der Waals surface area contributed by atoms with Crippen LogP contribution in [0.25, 0.3) is 27.8 Å². The van der Waals surface area contributed by atoms with Crippen LogP contribution in [0, 0.1) is 58.6 Å². The van der Waals surface area contributed by atoms with Crippen LogP contribution in [0.3, 0.4) is 0 Å². The molecular weight excluding hydrogens is 941 g/mol. The second-order valence-electron chi connectivity index (χ2n) is 19.4. The number of alkyl halides is 6. The number of benzene rings is 4. The van der Waals surface area contributed by atoms with Crippen LogP contribution in [0.5, 0.6) is 0 Å². The summed E-state index contributed by atoms with van der Waals surface area (Å²) in [4.78, 5) is 0. The van der Waals surface area contributed by atoms with Gasteiger partial charge in [0.15, 0.2) is 0 Å². The van der Waals surface area contributed by atoms with E-state index < -0.39 is 64.0 Å². The van der Waals surface area contributed by atoms with Gasteiger partial charge in [-0.1, -0.05) is 57.0 Å². The van der Waals surface area contributed by atoms with Crippen LogP contribution in [0.15, 0.2) is 66.7 Å². The summed E-state index contributed by atoms with van der Waals surface area (Å²) >= 11 is 0. The number of ether oxygens (including phenoxy) is 2. The standard InChI is InChI=1S/C27H30F6O2.C27H28F6O.H2O/c1-2-3-16-4-7-24(35-15-16)17-8-10-26(34,11-9-17)19-5-6-20(21(28)14-19)18-12-22(29)25(23(30)13-18)27(31,32)33;1-2-3-16-4-11-25(34-15-16)18-7-5-17(6-8-18)19-9-10-21(22(28)12-19)20-13-23(29)26(24(30)14-20)27(31,32)33;/h5-6,12-14,16-17,24,34H,2-4,7-11,15H2,1H3;5,9-10,12-14,16,18,25H,2-4,6-8,11,15H2,1H3;1H2. The predicted octanol–water partition coefficient (Wildman–Crippen LogP) is 15.5. The summed E-state index contributed by atoms with van der Waals surface area (Å²) in [5.74, 6) is -6.71. The lowest BCUT2D eigenvalue weighted by atomic mass is 9.72. The molecule has 2 aliphatic heterocycles. The molecule has 4 aromatic rings. The monoisotopic (exact) mass is 1000 g/mol. The van der Waals surface area contributed by atoms with Crippen LogP contribution in [0.1, 0.15) is 132 Å². The van der Waals surface area contributed by atoms with Crippen LogP contribution >= 0.6 is 0 Å². The van der Waals surface area contributed by atoms with Crippen molar-refractivity contribution in [2.45, 2.75) is 140 Å². The zero-order valence-electron chi connectivity index (χ0n) is 39.1. The third-order valence-electron chi connectivity index (χ3n) is 14.7. The Balaban J connectivity index is 0.000000226. The lowest BCUT2D eigenvalue weighted by Crippen LogP contribution is -2.38. The highest BCUT2D eigenvalue weighted by Crippen LogP contribution is 2.45. The van der Waals surface area contributed by atoms with Gasteiger partial charge in [0.1, 0.15) is 46.0 Å². The second-order valence-corrected chi connectivity index (χ2v) is 19.4. The zero-order chi connectivity index (χ0) is 49.8. The highest BCUT2D eigenvalue weighted by Gasteiger charge is 2.41. The van der Waals surface area contributed by atoms with Gasteiger partial charge in [-0.15, -0.1) is 0 Å². The molecule has 16 heteroatoms. The molecular formula is C54H60F12O4. The van der Waals surface area contributed by atoms with Crippen molar-refractivity contribution in [3.8, 4) is 22.3 Å². The molecule has 5 unspecified atom stereocenters. The summed E-state index contributed by atoms with van der Waals surface area (Å²) in [6.45, 7) is 5.96. The van der Waals surface area contributed by atoms with Crippen molar-refractivity contribution in [2.75, 3.05) is 13.2 Å². The van der Waals surface area contributed by atoms with Gasteiger partial charge in [-0.05, 0) is 171 Å². The first-order chi connectivity index (χ1) is 32.7. The number of hydrogen-bond acceptors (Lipinski definition) is 3. The van der Waals surface area contributed by atoms with Crippen LogP contribution in [0.2, 0.25) is 0 Å². The lowest BCUT2D eigenvalue weighted by Gasteiger charge is -2.41. The molecule has 4 aliphatic rings. The Hall–Kier alpha value is -4.38. The average Bonchev–Trinajstić information content (AvgIpc) is 3.29. The Morgan fingerprint density at radius 3 is 1.37 bits per heavy atom. The van der Waals surface area contributed by atoms with Crippen molar-refractivity contribution in [3.05, 3.63) is 124 Å². The highest BCUT2D eigenvalue weighted by atomic mass is 19.4. The van der Waals surface area contributed by atoms with E-state index in [2.05, 4.69) is 19.9 Å². The third-order valence-corrected chi connectivity index (χ3v) is 14.7. The Morgan fingerprint density at radius 1 is 0.543 bits per heavy atom.